The Balaban J connectivity index is 1.90. The largest absolute Gasteiger partial charge is 0.453 e. The van der Waals surface area contributed by atoms with Crippen molar-refractivity contribution in [1.82, 2.24) is 0 Å². The van der Waals surface area contributed by atoms with Crippen molar-refractivity contribution in [3.8, 4) is 11.5 Å². The molecule has 0 radical (unpaired) electrons. The zero-order chi connectivity index (χ0) is 30.0. The zero-order valence-electron chi connectivity index (χ0n) is 23.8. The van der Waals surface area contributed by atoms with E-state index < -0.39 is 40.9 Å². The molecule has 0 aromatic heterocycles. The summed E-state index contributed by atoms with van der Waals surface area (Å²) in [5.74, 6) is -0.458. The van der Waals surface area contributed by atoms with Crippen molar-refractivity contribution in [3.63, 3.8) is 0 Å². The summed E-state index contributed by atoms with van der Waals surface area (Å²) >= 11 is 0. The highest BCUT2D eigenvalue weighted by Crippen LogP contribution is 2.52. The van der Waals surface area contributed by atoms with Crippen molar-refractivity contribution in [2.24, 2.45) is 4.99 Å². The molecule has 3 heterocycles. The average Bonchev–Trinajstić information content (AvgIpc) is 3.20. The molecule has 0 saturated carbocycles. The highest BCUT2D eigenvalue weighted by molar-refractivity contribution is 7.86. The maximum atomic E-state index is 13.0. The number of nitrogens with one attached hydrogen (secondary N) is 1. The first kappa shape index (κ1) is 27.9. The quantitative estimate of drug-likeness (QED) is 0.298. The highest BCUT2D eigenvalue weighted by atomic mass is 32.2. The van der Waals surface area contributed by atoms with E-state index in [0.717, 1.165) is 5.56 Å². The third kappa shape index (κ3) is 3.89. The number of ether oxygens (including phenoxy) is 1. The average molecular weight is 597 g/mol. The maximum absolute atomic E-state index is 13.0. The number of hydrogen-bond acceptors (Lipinski definition) is 7. The van der Waals surface area contributed by atoms with E-state index in [4.69, 9.17) is 4.74 Å². The lowest BCUT2D eigenvalue weighted by molar-refractivity contribution is 0.424. The molecule has 0 saturated heterocycles. The first-order valence-corrected chi connectivity index (χ1v) is 16.2. The van der Waals surface area contributed by atoms with Crippen LogP contribution in [0.25, 0.3) is 5.57 Å². The molecule has 11 heteroatoms. The number of fused-ring (bicyclic) bond motifs is 4. The molecule has 3 aliphatic heterocycles. The molecule has 3 aromatic rings. The van der Waals surface area contributed by atoms with Gasteiger partial charge in [0.1, 0.15) is 0 Å². The van der Waals surface area contributed by atoms with Gasteiger partial charge in [-0.2, -0.15) is 16.8 Å². The van der Waals surface area contributed by atoms with E-state index in [0.29, 0.717) is 33.0 Å². The summed E-state index contributed by atoms with van der Waals surface area (Å²) in [6, 6.07) is 10.7. The summed E-state index contributed by atoms with van der Waals surface area (Å²) in [6.07, 6.45) is 0. The van der Waals surface area contributed by atoms with Gasteiger partial charge in [0, 0.05) is 33.2 Å². The Hall–Kier alpha value is -3.25. The second kappa shape index (κ2) is 8.41. The van der Waals surface area contributed by atoms with Crippen molar-refractivity contribution < 1.29 is 30.7 Å². The fourth-order valence-electron chi connectivity index (χ4n) is 6.09. The van der Waals surface area contributed by atoms with Gasteiger partial charge >= 0.3 is 0 Å². The van der Waals surface area contributed by atoms with Crippen molar-refractivity contribution in [3.05, 3.63) is 74.8 Å². The second-order valence-electron chi connectivity index (χ2n) is 12.4. The molecule has 0 fully saturated rings. The Morgan fingerprint density at radius 3 is 2.05 bits per heavy atom. The SMILES string of the molecule is Cc1ccc(C2=c3cc4c(c(S(=O)(=O)O)c3Oc3c2cc2c(c3S(=O)(=O)O)NC(C)C2(C)C)=NC(C)C4(C)C)cc1. The predicted molar refractivity (Wildman–Crippen MR) is 155 cm³/mol. The minimum Gasteiger partial charge on any atom is -0.453 e. The Morgan fingerprint density at radius 2 is 1.46 bits per heavy atom. The second-order valence-corrected chi connectivity index (χ2v) is 15.1. The molecule has 0 amide bonds. The normalized spacial score (nSPS) is 21.6. The summed E-state index contributed by atoms with van der Waals surface area (Å²) in [5.41, 5.74) is 3.00. The number of nitrogens with zero attached hydrogens (tertiary/aromatic N) is 1. The topological polar surface area (TPSA) is 142 Å². The van der Waals surface area contributed by atoms with Crippen LogP contribution in [0.2, 0.25) is 0 Å². The fourth-order valence-corrected chi connectivity index (χ4v) is 7.70. The molecule has 216 valence electrons. The standard InChI is InChI=1S/C30H32N2O7S2/c1-14-8-10-17(11-9-14)22-18-12-20-23(31-15(2)29(20,4)5)27(40(33,34)35)25(18)39-26-19(22)13-21-24(28(26)41(36,37)38)32-16(3)30(21,6)7/h8-13,15-16,31H,1-7H3,(H,33,34,35)(H,36,37,38). The van der Waals surface area contributed by atoms with Crippen molar-refractivity contribution in [1.29, 1.82) is 0 Å². The molecule has 0 bridgehead atoms. The predicted octanol–water partition coefficient (Wildman–Crippen LogP) is 4.23. The van der Waals surface area contributed by atoms with Crippen molar-refractivity contribution in [2.75, 3.05) is 5.32 Å². The van der Waals surface area contributed by atoms with E-state index in [1.54, 1.807) is 0 Å². The Labute approximate surface area is 239 Å². The molecule has 6 rings (SSSR count). The lowest BCUT2D eigenvalue weighted by atomic mass is 9.78. The molecule has 0 spiro atoms. The summed E-state index contributed by atoms with van der Waals surface area (Å²) < 4.78 is 79.4. The van der Waals surface area contributed by atoms with Crippen LogP contribution in [0.1, 0.15) is 69.4 Å². The van der Waals surface area contributed by atoms with Gasteiger partial charge in [-0.1, -0.05) is 57.5 Å². The van der Waals surface area contributed by atoms with Crippen molar-refractivity contribution in [2.45, 2.75) is 81.2 Å². The summed E-state index contributed by atoms with van der Waals surface area (Å²) in [7, 11) is -9.79. The van der Waals surface area contributed by atoms with Crippen LogP contribution in [0.5, 0.6) is 11.5 Å². The number of rotatable bonds is 3. The minimum atomic E-state index is -4.90. The van der Waals surface area contributed by atoms with Crippen molar-refractivity contribution >= 4 is 31.5 Å². The number of hydrogen-bond donors (Lipinski definition) is 3. The van der Waals surface area contributed by atoms with E-state index in [9.17, 15) is 25.9 Å². The Bertz CT molecular complexity index is 2030. The fraction of sp³-hybridized carbons (Fsp3) is 0.367. The van der Waals surface area contributed by atoms with Crippen LogP contribution < -0.4 is 20.6 Å². The molecule has 3 N–H and O–H groups in total. The third-order valence-corrected chi connectivity index (χ3v) is 11.0. The first-order chi connectivity index (χ1) is 18.8. The van der Waals surface area contributed by atoms with Crippen LogP contribution in [0.3, 0.4) is 0 Å². The monoisotopic (exact) mass is 596 g/mol. The molecule has 0 aliphatic carbocycles. The minimum absolute atomic E-state index is 0.0814. The molecule has 2 unspecified atom stereocenters. The molecule has 9 nitrogen and oxygen atoms in total. The molecule has 3 aromatic carbocycles. The van der Waals surface area contributed by atoms with Gasteiger partial charge in [-0.15, -0.1) is 0 Å². The lowest BCUT2D eigenvalue weighted by Crippen LogP contribution is -2.33. The summed E-state index contributed by atoms with van der Waals surface area (Å²) in [5, 5.41) is 3.65. The highest BCUT2D eigenvalue weighted by Gasteiger charge is 2.45. The molecule has 41 heavy (non-hydrogen) atoms. The van der Waals surface area contributed by atoms with Gasteiger partial charge in [0.2, 0.25) is 0 Å². The van der Waals surface area contributed by atoms with E-state index >= 15 is 0 Å². The van der Waals surface area contributed by atoms with Gasteiger partial charge < -0.3 is 10.1 Å². The van der Waals surface area contributed by atoms with Gasteiger partial charge in [-0.05, 0) is 49.6 Å². The van der Waals surface area contributed by atoms with E-state index in [1.165, 1.54) is 0 Å². The molecular weight excluding hydrogens is 564 g/mol. The van der Waals surface area contributed by atoms with Gasteiger partial charge in [0.15, 0.2) is 21.3 Å². The van der Waals surface area contributed by atoms with Crippen LogP contribution in [0, 0.1) is 6.92 Å². The smallest absolute Gasteiger partial charge is 0.300 e. The number of benzene rings is 3. The van der Waals surface area contributed by atoms with Gasteiger partial charge in [-0.3, -0.25) is 14.1 Å². The van der Waals surface area contributed by atoms with Gasteiger partial charge in [0.05, 0.1) is 17.1 Å². The zero-order valence-corrected chi connectivity index (χ0v) is 25.5. The summed E-state index contributed by atoms with van der Waals surface area (Å²) in [4.78, 5) is 3.59. The number of aryl methyl sites for hydroxylation is 1. The molecule has 2 atom stereocenters. The Kier molecular flexibility index (Phi) is 5.72. The van der Waals surface area contributed by atoms with Crippen LogP contribution in [-0.4, -0.2) is 38.0 Å². The maximum Gasteiger partial charge on any atom is 0.300 e. The summed E-state index contributed by atoms with van der Waals surface area (Å²) in [6.45, 7) is 13.6. The third-order valence-electron chi connectivity index (χ3n) is 9.24. The first-order valence-electron chi connectivity index (χ1n) is 13.3. The van der Waals surface area contributed by atoms with Crippen LogP contribution >= 0.6 is 0 Å². The Morgan fingerprint density at radius 1 is 0.854 bits per heavy atom. The molecular formula is C30H32N2O7S2. The van der Waals surface area contributed by atoms with E-state index in [-0.39, 0.29) is 34.6 Å². The van der Waals surface area contributed by atoms with Crippen LogP contribution in [0.15, 0.2) is 51.2 Å². The van der Waals surface area contributed by atoms with Gasteiger partial charge in [-0.25, -0.2) is 0 Å². The van der Waals surface area contributed by atoms with Crippen LogP contribution in [-0.2, 0) is 31.1 Å². The lowest BCUT2D eigenvalue weighted by Gasteiger charge is -2.29. The van der Waals surface area contributed by atoms with E-state index in [2.05, 4.69) is 10.3 Å². The molecule has 3 aliphatic rings. The van der Waals surface area contributed by atoms with E-state index in [1.807, 2.05) is 84.9 Å². The number of anilines is 1. The van der Waals surface area contributed by atoms with Crippen LogP contribution in [0.4, 0.5) is 5.69 Å². The van der Waals surface area contributed by atoms with Gasteiger partial charge in [0.25, 0.3) is 20.2 Å².